The fourth-order valence-corrected chi connectivity index (χ4v) is 5.57. The number of hydrogen-bond acceptors (Lipinski definition) is 7. The van der Waals surface area contributed by atoms with Crippen LogP contribution in [0.2, 0.25) is 0 Å². The third-order valence-corrected chi connectivity index (χ3v) is 6.81. The SMILES string of the molecule is Cc1sc(SC(C)(C)C(=O)OC(C)(C)C)nc1CCN1C(=O)c2ccccc2C1=O. The molecule has 1 aromatic carbocycles. The van der Waals surface area contributed by atoms with Gasteiger partial charge in [-0.05, 0) is 53.7 Å². The zero-order chi connectivity index (χ0) is 22.3. The molecule has 1 aromatic heterocycles. The summed E-state index contributed by atoms with van der Waals surface area (Å²) in [5.41, 5.74) is 1.19. The Morgan fingerprint density at radius 1 is 1.10 bits per heavy atom. The van der Waals surface area contributed by atoms with E-state index in [9.17, 15) is 14.4 Å². The molecule has 0 bridgehead atoms. The van der Waals surface area contributed by atoms with Gasteiger partial charge in [-0.25, -0.2) is 4.98 Å². The van der Waals surface area contributed by atoms with E-state index in [1.807, 2.05) is 41.5 Å². The molecular formula is C22H26N2O4S2. The zero-order valence-electron chi connectivity index (χ0n) is 18.1. The molecule has 0 atom stereocenters. The van der Waals surface area contributed by atoms with Crippen molar-refractivity contribution >= 4 is 40.9 Å². The number of rotatable bonds is 6. The first-order chi connectivity index (χ1) is 13.9. The molecule has 2 aromatic rings. The van der Waals surface area contributed by atoms with E-state index in [-0.39, 0.29) is 24.3 Å². The van der Waals surface area contributed by atoms with E-state index in [1.165, 1.54) is 28.0 Å². The maximum Gasteiger partial charge on any atom is 0.322 e. The van der Waals surface area contributed by atoms with Crippen LogP contribution in [0.4, 0.5) is 0 Å². The molecule has 30 heavy (non-hydrogen) atoms. The second-order valence-corrected chi connectivity index (χ2v) is 11.7. The molecule has 0 aliphatic carbocycles. The Bertz CT molecular complexity index is 970. The topological polar surface area (TPSA) is 76.6 Å². The minimum absolute atomic E-state index is 0.260. The van der Waals surface area contributed by atoms with Crippen LogP contribution in [-0.4, -0.2) is 44.6 Å². The van der Waals surface area contributed by atoms with E-state index < -0.39 is 10.3 Å². The number of fused-ring (bicyclic) bond motifs is 1. The number of benzene rings is 1. The van der Waals surface area contributed by atoms with Crippen LogP contribution in [0.15, 0.2) is 28.6 Å². The molecule has 0 radical (unpaired) electrons. The van der Waals surface area contributed by atoms with E-state index in [0.29, 0.717) is 17.5 Å². The van der Waals surface area contributed by atoms with Crippen molar-refractivity contribution in [3.8, 4) is 0 Å². The van der Waals surface area contributed by atoms with Crippen LogP contribution in [0.3, 0.4) is 0 Å². The first-order valence-electron chi connectivity index (χ1n) is 9.73. The average Bonchev–Trinajstić information content (AvgIpc) is 3.09. The molecule has 0 N–H and O–H groups in total. The molecule has 6 nitrogen and oxygen atoms in total. The fraction of sp³-hybridized carbons (Fsp3) is 0.455. The second kappa shape index (κ2) is 8.15. The van der Waals surface area contributed by atoms with Gasteiger partial charge in [0.2, 0.25) is 0 Å². The lowest BCUT2D eigenvalue weighted by atomic mass is 10.1. The van der Waals surface area contributed by atoms with Gasteiger partial charge >= 0.3 is 5.97 Å². The summed E-state index contributed by atoms with van der Waals surface area (Å²) in [6, 6.07) is 6.87. The number of ether oxygens (including phenoxy) is 1. The molecular weight excluding hydrogens is 420 g/mol. The Labute approximate surface area is 185 Å². The Morgan fingerprint density at radius 2 is 1.67 bits per heavy atom. The van der Waals surface area contributed by atoms with Crippen LogP contribution in [0.25, 0.3) is 0 Å². The van der Waals surface area contributed by atoms with Crippen molar-refractivity contribution in [2.45, 2.75) is 62.7 Å². The minimum atomic E-state index is -0.780. The summed E-state index contributed by atoms with van der Waals surface area (Å²) >= 11 is 2.87. The number of nitrogens with zero attached hydrogens (tertiary/aromatic N) is 2. The monoisotopic (exact) mass is 446 g/mol. The van der Waals surface area contributed by atoms with Gasteiger partial charge < -0.3 is 4.74 Å². The Kier molecular flexibility index (Phi) is 6.11. The molecule has 2 heterocycles. The molecule has 8 heteroatoms. The molecule has 0 fully saturated rings. The van der Waals surface area contributed by atoms with Crippen molar-refractivity contribution in [3.63, 3.8) is 0 Å². The van der Waals surface area contributed by atoms with Crippen molar-refractivity contribution in [2.24, 2.45) is 0 Å². The molecule has 0 spiro atoms. The minimum Gasteiger partial charge on any atom is -0.459 e. The smallest absolute Gasteiger partial charge is 0.322 e. The molecule has 0 unspecified atom stereocenters. The predicted octanol–water partition coefficient (Wildman–Crippen LogP) is 4.50. The standard InChI is InChI=1S/C22H26N2O4S2/c1-13-16(11-12-24-17(25)14-9-7-8-10-15(14)18(24)26)23-20(29-13)30-22(5,6)19(27)28-21(2,3)4/h7-10H,11-12H2,1-6H3. The molecule has 0 saturated carbocycles. The zero-order valence-corrected chi connectivity index (χ0v) is 19.7. The van der Waals surface area contributed by atoms with Crippen molar-refractivity contribution < 1.29 is 19.1 Å². The number of carbonyl (C=O) groups is 3. The summed E-state index contributed by atoms with van der Waals surface area (Å²) in [7, 11) is 0. The van der Waals surface area contributed by atoms with E-state index in [2.05, 4.69) is 4.98 Å². The Balaban J connectivity index is 1.67. The first kappa shape index (κ1) is 22.5. The lowest BCUT2D eigenvalue weighted by Gasteiger charge is -2.27. The summed E-state index contributed by atoms with van der Waals surface area (Å²) < 4.78 is 5.50. The van der Waals surface area contributed by atoms with Gasteiger partial charge in [0.25, 0.3) is 11.8 Å². The van der Waals surface area contributed by atoms with Crippen LogP contribution >= 0.6 is 23.1 Å². The lowest BCUT2D eigenvalue weighted by molar-refractivity contribution is -0.156. The number of hydrogen-bond donors (Lipinski definition) is 0. The maximum atomic E-state index is 12.5. The largest absolute Gasteiger partial charge is 0.459 e. The van der Waals surface area contributed by atoms with Crippen molar-refractivity contribution in [3.05, 3.63) is 46.0 Å². The lowest BCUT2D eigenvalue weighted by Crippen LogP contribution is -2.36. The Morgan fingerprint density at radius 3 is 2.20 bits per heavy atom. The van der Waals surface area contributed by atoms with Crippen molar-refractivity contribution in [1.82, 2.24) is 9.88 Å². The summed E-state index contributed by atoms with van der Waals surface area (Å²) in [6.07, 6.45) is 0.473. The van der Waals surface area contributed by atoms with E-state index >= 15 is 0 Å². The van der Waals surface area contributed by atoms with Crippen LogP contribution in [-0.2, 0) is 16.0 Å². The summed E-state index contributed by atoms with van der Waals surface area (Å²) in [4.78, 5) is 44.5. The van der Waals surface area contributed by atoms with Crippen LogP contribution < -0.4 is 0 Å². The van der Waals surface area contributed by atoms with Crippen LogP contribution in [0.1, 0.15) is 65.9 Å². The number of thiazole rings is 1. The summed E-state index contributed by atoms with van der Waals surface area (Å²) in [6.45, 7) is 11.4. The van der Waals surface area contributed by atoms with Gasteiger partial charge in [-0.2, -0.15) is 0 Å². The number of aromatic nitrogens is 1. The van der Waals surface area contributed by atoms with Crippen molar-refractivity contribution in [2.75, 3.05) is 6.54 Å². The number of amides is 2. The number of carbonyl (C=O) groups excluding carboxylic acids is 3. The third kappa shape index (κ3) is 4.75. The van der Waals surface area contributed by atoms with E-state index in [4.69, 9.17) is 4.74 Å². The molecule has 2 amide bonds. The highest BCUT2D eigenvalue weighted by Gasteiger charge is 2.36. The highest BCUT2D eigenvalue weighted by Crippen LogP contribution is 2.38. The highest BCUT2D eigenvalue weighted by atomic mass is 32.2. The van der Waals surface area contributed by atoms with Crippen LogP contribution in [0.5, 0.6) is 0 Å². The molecule has 160 valence electrons. The number of aryl methyl sites for hydroxylation is 1. The van der Waals surface area contributed by atoms with Gasteiger partial charge in [0.15, 0.2) is 4.34 Å². The van der Waals surface area contributed by atoms with E-state index in [1.54, 1.807) is 24.3 Å². The number of thioether (sulfide) groups is 1. The van der Waals surface area contributed by atoms with Crippen LogP contribution in [0, 0.1) is 6.92 Å². The predicted molar refractivity (Wildman–Crippen MR) is 118 cm³/mol. The molecule has 1 aliphatic rings. The fourth-order valence-electron chi connectivity index (χ4n) is 3.00. The number of imide groups is 1. The average molecular weight is 447 g/mol. The number of esters is 1. The molecule has 1 aliphatic heterocycles. The molecule has 0 saturated heterocycles. The van der Waals surface area contributed by atoms with Gasteiger partial charge in [-0.3, -0.25) is 19.3 Å². The molecule has 3 rings (SSSR count). The normalized spacial score (nSPS) is 14.3. The highest BCUT2D eigenvalue weighted by molar-refractivity contribution is 8.03. The maximum absolute atomic E-state index is 12.5. The van der Waals surface area contributed by atoms with Gasteiger partial charge in [0.05, 0.1) is 16.8 Å². The summed E-state index contributed by atoms with van der Waals surface area (Å²) in [5, 5.41) is 0. The van der Waals surface area contributed by atoms with Gasteiger partial charge in [0.1, 0.15) is 10.3 Å². The van der Waals surface area contributed by atoms with Gasteiger partial charge in [-0.1, -0.05) is 23.9 Å². The summed E-state index contributed by atoms with van der Waals surface area (Å²) in [5.74, 6) is -0.811. The van der Waals surface area contributed by atoms with Gasteiger partial charge in [-0.15, -0.1) is 11.3 Å². The van der Waals surface area contributed by atoms with Crippen molar-refractivity contribution in [1.29, 1.82) is 0 Å². The quantitative estimate of drug-likeness (QED) is 0.369. The van der Waals surface area contributed by atoms with E-state index in [0.717, 1.165) is 14.9 Å². The third-order valence-electron chi connectivity index (χ3n) is 4.56. The second-order valence-electron chi connectivity index (χ2n) is 8.65. The van der Waals surface area contributed by atoms with Gasteiger partial charge in [0, 0.05) is 17.8 Å². The Hall–Kier alpha value is -2.19. The first-order valence-corrected chi connectivity index (χ1v) is 11.4.